The molecule has 1 atom stereocenters. The minimum Gasteiger partial charge on any atom is -0.324 e. The van der Waals surface area contributed by atoms with Crippen LogP contribution in [0.1, 0.15) is 17.2 Å². The first-order valence-corrected chi connectivity index (χ1v) is 7.05. The van der Waals surface area contributed by atoms with E-state index in [2.05, 4.69) is 15.9 Å². The van der Waals surface area contributed by atoms with Gasteiger partial charge in [-0.15, -0.1) is 11.3 Å². The van der Waals surface area contributed by atoms with E-state index in [0.717, 1.165) is 14.9 Å². The molecular weight excluding hydrogens is 325 g/mol. The second-order valence-corrected chi connectivity index (χ2v) is 6.44. The molecule has 0 amide bonds. The fourth-order valence-corrected chi connectivity index (χ4v) is 3.00. The molecule has 17 heavy (non-hydrogen) atoms. The summed E-state index contributed by atoms with van der Waals surface area (Å²) in [6.45, 7) is 0. The van der Waals surface area contributed by atoms with Gasteiger partial charge in [0.2, 0.25) is 0 Å². The van der Waals surface area contributed by atoms with Crippen molar-refractivity contribution < 1.29 is 4.39 Å². The third-order valence-corrected chi connectivity index (χ3v) is 4.27. The maximum absolute atomic E-state index is 13.0. The molecule has 1 aromatic carbocycles. The summed E-state index contributed by atoms with van der Waals surface area (Å²) < 4.78 is 14.1. The Morgan fingerprint density at radius 1 is 1.41 bits per heavy atom. The van der Waals surface area contributed by atoms with Crippen LogP contribution in [0.15, 0.2) is 33.4 Å². The highest BCUT2D eigenvalue weighted by molar-refractivity contribution is 9.11. The molecule has 0 fully saturated rings. The van der Waals surface area contributed by atoms with Crippen molar-refractivity contribution in [2.45, 2.75) is 12.5 Å². The van der Waals surface area contributed by atoms with Gasteiger partial charge in [-0.05, 0) is 57.1 Å². The zero-order valence-corrected chi connectivity index (χ0v) is 11.9. The minimum absolute atomic E-state index is 0.0981. The molecular formula is C12H10BrClFNS. The van der Waals surface area contributed by atoms with Gasteiger partial charge < -0.3 is 5.73 Å². The van der Waals surface area contributed by atoms with Crippen LogP contribution in [-0.2, 0) is 6.42 Å². The van der Waals surface area contributed by atoms with E-state index in [0.29, 0.717) is 6.42 Å². The first-order chi connectivity index (χ1) is 8.06. The number of rotatable bonds is 3. The lowest BCUT2D eigenvalue weighted by Gasteiger charge is -2.10. The van der Waals surface area contributed by atoms with Gasteiger partial charge in [0, 0.05) is 6.04 Å². The van der Waals surface area contributed by atoms with Crippen LogP contribution in [0.25, 0.3) is 0 Å². The molecule has 0 saturated heterocycles. The van der Waals surface area contributed by atoms with Crippen molar-refractivity contribution in [2.75, 3.05) is 0 Å². The zero-order valence-electron chi connectivity index (χ0n) is 8.79. The Kier molecular flexibility index (Phi) is 4.20. The van der Waals surface area contributed by atoms with Gasteiger partial charge in [-0.3, -0.25) is 0 Å². The van der Waals surface area contributed by atoms with Crippen LogP contribution in [0.4, 0.5) is 4.39 Å². The number of thiophene rings is 1. The summed E-state index contributed by atoms with van der Waals surface area (Å²) >= 11 is 10.7. The van der Waals surface area contributed by atoms with E-state index in [1.54, 1.807) is 23.5 Å². The van der Waals surface area contributed by atoms with Crippen LogP contribution in [-0.4, -0.2) is 0 Å². The van der Waals surface area contributed by atoms with Gasteiger partial charge >= 0.3 is 0 Å². The van der Waals surface area contributed by atoms with E-state index in [4.69, 9.17) is 17.3 Å². The van der Waals surface area contributed by atoms with Gasteiger partial charge in [0.25, 0.3) is 0 Å². The first-order valence-electron chi connectivity index (χ1n) is 4.99. The molecule has 90 valence electrons. The lowest BCUT2D eigenvalue weighted by molar-refractivity contribution is 0.626. The van der Waals surface area contributed by atoms with Crippen LogP contribution in [0.3, 0.4) is 0 Å². The van der Waals surface area contributed by atoms with Crippen molar-refractivity contribution in [1.29, 1.82) is 0 Å². The fraction of sp³-hybridized carbons (Fsp3) is 0.167. The molecule has 1 heterocycles. The van der Waals surface area contributed by atoms with E-state index >= 15 is 0 Å². The summed E-state index contributed by atoms with van der Waals surface area (Å²) in [6, 6.07) is 6.61. The highest BCUT2D eigenvalue weighted by atomic mass is 79.9. The molecule has 0 spiro atoms. The minimum atomic E-state index is -0.401. The van der Waals surface area contributed by atoms with E-state index in [-0.39, 0.29) is 11.1 Å². The summed E-state index contributed by atoms with van der Waals surface area (Å²) in [5.41, 5.74) is 8.09. The lowest BCUT2D eigenvalue weighted by Crippen LogP contribution is -2.12. The van der Waals surface area contributed by atoms with Gasteiger partial charge in [0.05, 0.1) is 8.81 Å². The average molecular weight is 335 g/mol. The van der Waals surface area contributed by atoms with Crippen LogP contribution in [0, 0.1) is 5.82 Å². The van der Waals surface area contributed by atoms with Crippen LogP contribution >= 0.6 is 38.9 Å². The normalized spacial score (nSPS) is 12.7. The van der Waals surface area contributed by atoms with Gasteiger partial charge in [-0.2, -0.15) is 0 Å². The van der Waals surface area contributed by atoms with Crippen molar-refractivity contribution in [3.8, 4) is 0 Å². The Morgan fingerprint density at radius 2 is 2.18 bits per heavy atom. The molecule has 2 rings (SSSR count). The number of hydrogen-bond acceptors (Lipinski definition) is 2. The Bertz CT molecular complexity index is 529. The number of benzene rings is 1. The van der Waals surface area contributed by atoms with E-state index in [1.807, 2.05) is 11.4 Å². The average Bonchev–Trinajstić information content (AvgIpc) is 2.70. The Hall–Kier alpha value is -0.420. The molecule has 1 unspecified atom stereocenters. The lowest BCUT2D eigenvalue weighted by atomic mass is 10.0. The summed E-state index contributed by atoms with van der Waals surface area (Å²) in [5, 5.41) is 2.15. The van der Waals surface area contributed by atoms with Gasteiger partial charge in [0.1, 0.15) is 5.82 Å². The summed E-state index contributed by atoms with van der Waals surface area (Å²) in [5.74, 6) is -0.401. The highest BCUT2D eigenvalue weighted by Gasteiger charge is 2.10. The molecule has 0 aliphatic rings. The molecule has 0 bridgehead atoms. The molecule has 0 aliphatic carbocycles. The van der Waals surface area contributed by atoms with Crippen molar-refractivity contribution in [2.24, 2.45) is 5.73 Å². The van der Waals surface area contributed by atoms with Crippen molar-refractivity contribution in [1.82, 2.24) is 0 Å². The maximum atomic E-state index is 13.0. The van der Waals surface area contributed by atoms with Crippen LogP contribution < -0.4 is 5.73 Å². The molecule has 1 aromatic heterocycles. The van der Waals surface area contributed by atoms with Crippen LogP contribution in [0.2, 0.25) is 5.02 Å². The molecule has 2 aromatic rings. The standard InChI is InChI=1S/C12H10BrClFNS/c13-12-5-8(6-17-12)11(16)4-7-1-2-10(15)9(14)3-7/h1-3,5-6,11H,4,16H2. The van der Waals surface area contributed by atoms with Crippen molar-refractivity contribution in [3.63, 3.8) is 0 Å². The Balaban J connectivity index is 2.12. The SMILES string of the molecule is NC(Cc1ccc(F)c(Cl)c1)c1csc(Br)c1. The molecule has 5 heteroatoms. The second kappa shape index (κ2) is 5.48. The quantitative estimate of drug-likeness (QED) is 0.876. The van der Waals surface area contributed by atoms with E-state index in [9.17, 15) is 4.39 Å². The largest absolute Gasteiger partial charge is 0.324 e. The summed E-state index contributed by atoms with van der Waals surface area (Å²) in [6.07, 6.45) is 0.642. The predicted molar refractivity (Wildman–Crippen MR) is 74.1 cm³/mol. The smallest absolute Gasteiger partial charge is 0.141 e. The Morgan fingerprint density at radius 3 is 2.76 bits per heavy atom. The molecule has 2 N–H and O–H groups in total. The molecule has 0 aliphatic heterocycles. The van der Waals surface area contributed by atoms with Gasteiger partial charge in [-0.25, -0.2) is 4.39 Å². The van der Waals surface area contributed by atoms with Crippen molar-refractivity contribution in [3.05, 3.63) is 55.4 Å². The third kappa shape index (κ3) is 3.28. The highest BCUT2D eigenvalue weighted by Crippen LogP contribution is 2.27. The number of halogens is 3. The maximum Gasteiger partial charge on any atom is 0.141 e. The van der Waals surface area contributed by atoms with Gasteiger partial charge in [0.15, 0.2) is 0 Å². The molecule has 1 nitrogen and oxygen atoms in total. The summed E-state index contributed by atoms with van der Waals surface area (Å²) in [4.78, 5) is 0. The second-order valence-electron chi connectivity index (χ2n) is 3.74. The molecule has 0 radical (unpaired) electrons. The van der Waals surface area contributed by atoms with E-state index in [1.165, 1.54) is 6.07 Å². The van der Waals surface area contributed by atoms with E-state index < -0.39 is 5.82 Å². The number of nitrogens with two attached hydrogens (primary N) is 1. The third-order valence-electron chi connectivity index (χ3n) is 2.46. The fourth-order valence-electron chi connectivity index (χ4n) is 1.56. The molecule has 0 saturated carbocycles. The van der Waals surface area contributed by atoms with Gasteiger partial charge in [-0.1, -0.05) is 17.7 Å². The number of hydrogen-bond donors (Lipinski definition) is 1. The topological polar surface area (TPSA) is 26.0 Å². The zero-order chi connectivity index (χ0) is 12.4. The van der Waals surface area contributed by atoms with Crippen molar-refractivity contribution >= 4 is 38.9 Å². The van der Waals surface area contributed by atoms with Crippen LogP contribution in [0.5, 0.6) is 0 Å². The summed E-state index contributed by atoms with van der Waals surface area (Å²) in [7, 11) is 0. The Labute approximate surface area is 117 Å². The predicted octanol–water partition coefficient (Wildman–Crippen LogP) is 4.55. The first kappa shape index (κ1) is 13.0. The monoisotopic (exact) mass is 333 g/mol.